The largest absolute Gasteiger partial charge is 0.481 e. The maximum atomic E-state index is 13.6. The highest BCUT2D eigenvalue weighted by Gasteiger charge is 2.26. The van der Waals surface area contributed by atoms with Crippen LogP contribution in [0.4, 0.5) is 15.8 Å². The molecule has 0 saturated heterocycles. The standard InChI is InChI=1S/C12H11FN2O2S/c1-2-3-15-10-5-9(14-7-18)8(13)4-11(10)17-6-12(15)16/h4-5H,2-3,6H2,1H3. The third-order valence-corrected chi connectivity index (χ3v) is 2.68. The van der Waals surface area contributed by atoms with Gasteiger partial charge in [0.25, 0.3) is 5.91 Å². The molecule has 2 rings (SSSR count). The average Bonchev–Trinajstić information content (AvgIpc) is 2.35. The maximum absolute atomic E-state index is 13.6. The van der Waals surface area contributed by atoms with Gasteiger partial charge in [-0.05, 0) is 24.7 Å². The van der Waals surface area contributed by atoms with E-state index in [0.717, 1.165) is 6.42 Å². The third kappa shape index (κ3) is 2.25. The van der Waals surface area contributed by atoms with Gasteiger partial charge in [-0.2, -0.15) is 4.99 Å². The van der Waals surface area contributed by atoms with Crippen LogP contribution in [0, 0.1) is 5.82 Å². The number of isothiocyanates is 1. The Kier molecular flexibility index (Phi) is 3.69. The number of anilines is 1. The van der Waals surface area contributed by atoms with Crippen molar-refractivity contribution in [2.75, 3.05) is 18.1 Å². The molecular formula is C12H11FN2O2S. The first-order chi connectivity index (χ1) is 8.67. The molecule has 0 saturated carbocycles. The molecule has 0 radical (unpaired) electrons. The predicted molar refractivity (Wildman–Crippen MR) is 69.2 cm³/mol. The Hall–Kier alpha value is -1.78. The number of thiocarbonyl (C=S) groups is 1. The van der Waals surface area contributed by atoms with E-state index in [4.69, 9.17) is 4.74 Å². The number of hydrogen-bond donors (Lipinski definition) is 0. The van der Waals surface area contributed by atoms with Crippen LogP contribution in [0.1, 0.15) is 13.3 Å². The molecule has 0 N–H and O–H groups in total. The summed E-state index contributed by atoms with van der Waals surface area (Å²) in [7, 11) is 0. The SMILES string of the molecule is CCCN1C(=O)COc2cc(F)c(N=C=S)cc21. The van der Waals surface area contributed by atoms with Gasteiger partial charge in [0.05, 0.1) is 10.8 Å². The highest BCUT2D eigenvalue weighted by atomic mass is 32.1. The van der Waals surface area contributed by atoms with Crippen LogP contribution in [-0.4, -0.2) is 24.2 Å². The number of benzene rings is 1. The third-order valence-electron chi connectivity index (χ3n) is 2.58. The molecule has 0 bridgehead atoms. The fourth-order valence-electron chi connectivity index (χ4n) is 1.81. The zero-order valence-electron chi connectivity index (χ0n) is 9.77. The number of hydrogen-bond acceptors (Lipinski definition) is 4. The summed E-state index contributed by atoms with van der Waals surface area (Å²) in [4.78, 5) is 16.9. The summed E-state index contributed by atoms with van der Waals surface area (Å²) in [5.74, 6) is -0.339. The molecule has 1 aliphatic heterocycles. The Bertz CT molecular complexity index is 541. The van der Waals surface area contributed by atoms with Gasteiger partial charge in [0.1, 0.15) is 11.4 Å². The summed E-state index contributed by atoms with van der Waals surface area (Å²) in [6, 6.07) is 2.67. The van der Waals surface area contributed by atoms with E-state index in [0.29, 0.717) is 18.0 Å². The summed E-state index contributed by atoms with van der Waals surface area (Å²) in [5.41, 5.74) is 0.585. The van der Waals surface area contributed by atoms with Crippen molar-refractivity contribution in [1.82, 2.24) is 0 Å². The molecule has 0 fully saturated rings. The number of rotatable bonds is 3. The number of nitrogens with zero attached hydrogens (tertiary/aromatic N) is 2. The van der Waals surface area contributed by atoms with Crippen LogP contribution in [0.5, 0.6) is 5.75 Å². The molecule has 1 aliphatic rings. The number of aliphatic imine (C=N–C) groups is 1. The van der Waals surface area contributed by atoms with Gasteiger partial charge in [-0.1, -0.05) is 6.92 Å². The number of carbonyl (C=O) groups is 1. The van der Waals surface area contributed by atoms with E-state index < -0.39 is 5.82 Å². The molecule has 94 valence electrons. The molecular weight excluding hydrogens is 255 g/mol. The van der Waals surface area contributed by atoms with Gasteiger partial charge in [-0.15, -0.1) is 0 Å². The zero-order valence-corrected chi connectivity index (χ0v) is 10.6. The molecule has 1 heterocycles. The monoisotopic (exact) mass is 266 g/mol. The van der Waals surface area contributed by atoms with Gasteiger partial charge >= 0.3 is 0 Å². The van der Waals surface area contributed by atoms with Crippen LogP contribution in [0.25, 0.3) is 0 Å². The normalized spacial score (nSPS) is 13.7. The Balaban J connectivity index is 2.52. The second-order valence-corrected chi connectivity index (χ2v) is 3.99. The summed E-state index contributed by atoms with van der Waals surface area (Å²) in [6.45, 7) is 2.45. The van der Waals surface area contributed by atoms with Gasteiger partial charge in [-0.25, -0.2) is 4.39 Å². The van der Waals surface area contributed by atoms with Gasteiger partial charge in [-0.3, -0.25) is 4.79 Å². The Morgan fingerprint density at radius 2 is 2.39 bits per heavy atom. The van der Waals surface area contributed by atoms with Crippen LogP contribution in [-0.2, 0) is 4.79 Å². The zero-order chi connectivity index (χ0) is 13.1. The van der Waals surface area contributed by atoms with Crippen molar-refractivity contribution in [1.29, 1.82) is 0 Å². The van der Waals surface area contributed by atoms with E-state index in [2.05, 4.69) is 22.4 Å². The van der Waals surface area contributed by atoms with Crippen molar-refractivity contribution in [3.63, 3.8) is 0 Å². The highest BCUT2D eigenvalue weighted by Crippen LogP contribution is 2.37. The minimum atomic E-state index is -0.545. The van der Waals surface area contributed by atoms with Crippen LogP contribution in [0.3, 0.4) is 0 Å². The first-order valence-electron chi connectivity index (χ1n) is 5.52. The van der Waals surface area contributed by atoms with E-state index in [-0.39, 0.29) is 18.2 Å². The molecule has 6 heteroatoms. The first kappa shape index (κ1) is 12.7. The van der Waals surface area contributed by atoms with Crippen LogP contribution in [0.15, 0.2) is 17.1 Å². The van der Waals surface area contributed by atoms with Crippen molar-refractivity contribution in [2.24, 2.45) is 4.99 Å². The van der Waals surface area contributed by atoms with Gasteiger partial charge in [0, 0.05) is 12.6 Å². The summed E-state index contributed by atoms with van der Waals surface area (Å²) in [5, 5.41) is 2.11. The smallest absolute Gasteiger partial charge is 0.265 e. The lowest BCUT2D eigenvalue weighted by Gasteiger charge is -2.29. The van der Waals surface area contributed by atoms with E-state index in [1.807, 2.05) is 6.92 Å². The van der Waals surface area contributed by atoms with E-state index >= 15 is 0 Å². The lowest BCUT2D eigenvalue weighted by molar-refractivity contribution is -0.121. The van der Waals surface area contributed by atoms with Crippen molar-refractivity contribution in [2.45, 2.75) is 13.3 Å². The minimum Gasteiger partial charge on any atom is -0.481 e. The molecule has 4 nitrogen and oxygen atoms in total. The molecule has 0 aliphatic carbocycles. The number of halogens is 1. The quantitative estimate of drug-likeness (QED) is 0.624. The topological polar surface area (TPSA) is 41.9 Å². The fraction of sp³-hybridized carbons (Fsp3) is 0.333. The molecule has 1 aromatic carbocycles. The lowest BCUT2D eigenvalue weighted by Crippen LogP contribution is -2.39. The molecule has 0 spiro atoms. The molecule has 18 heavy (non-hydrogen) atoms. The number of amides is 1. The fourth-order valence-corrected chi connectivity index (χ4v) is 1.91. The number of fused-ring (bicyclic) bond motifs is 1. The average molecular weight is 266 g/mol. The maximum Gasteiger partial charge on any atom is 0.265 e. The van der Waals surface area contributed by atoms with E-state index in [1.165, 1.54) is 12.1 Å². The van der Waals surface area contributed by atoms with Gasteiger partial charge in [0.2, 0.25) is 0 Å². The second-order valence-electron chi connectivity index (χ2n) is 3.81. The summed E-state index contributed by atoms with van der Waals surface area (Å²) < 4.78 is 18.8. The van der Waals surface area contributed by atoms with Crippen molar-refractivity contribution >= 4 is 34.7 Å². The van der Waals surface area contributed by atoms with Crippen molar-refractivity contribution in [3.8, 4) is 5.75 Å². The van der Waals surface area contributed by atoms with E-state index in [1.54, 1.807) is 4.90 Å². The minimum absolute atomic E-state index is 0.0585. The predicted octanol–water partition coefficient (Wildman–Crippen LogP) is 2.70. The van der Waals surface area contributed by atoms with Crippen molar-refractivity contribution in [3.05, 3.63) is 17.9 Å². The highest BCUT2D eigenvalue weighted by molar-refractivity contribution is 7.78. The molecule has 0 aromatic heterocycles. The first-order valence-corrected chi connectivity index (χ1v) is 5.92. The van der Waals surface area contributed by atoms with E-state index in [9.17, 15) is 9.18 Å². The molecule has 1 aromatic rings. The summed E-state index contributed by atoms with van der Waals surface area (Å²) >= 11 is 4.46. The molecule has 0 unspecified atom stereocenters. The molecule has 0 atom stereocenters. The lowest BCUT2D eigenvalue weighted by atomic mass is 10.2. The summed E-state index contributed by atoms with van der Waals surface area (Å²) in [6.07, 6.45) is 0.800. The van der Waals surface area contributed by atoms with Crippen LogP contribution in [0.2, 0.25) is 0 Å². The number of carbonyl (C=O) groups excluding carboxylic acids is 1. The number of ether oxygens (including phenoxy) is 1. The Morgan fingerprint density at radius 1 is 1.61 bits per heavy atom. The Labute approximate surface area is 109 Å². The van der Waals surface area contributed by atoms with Crippen molar-refractivity contribution < 1.29 is 13.9 Å². The van der Waals surface area contributed by atoms with Crippen LogP contribution >= 0.6 is 12.2 Å². The van der Waals surface area contributed by atoms with Gasteiger partial charge < -0.3 is 9.64 Å². The van der Waals surface area contributed by atoms with Crippen LogP contribution < -0.4 is 9.64 Å². The Morgan fingerprint density at radius 3 is 3.06 bits per heavy atom. The second kappa shape index (κ2) is 5.25. The molecule has 1 amide bonds. The van der Waals surface area contributed by atoms with Gasteiger partial charge in [0.15, 0.2) is 12.4 Å².